The second-order valence-corrected chi connectivity index (χ2v) is 5.72. The lowest BCUT2D eigenvalue weighted by Gasteiger charge is -2.13. The molecule has 7 nitrogen and oxygen atoms in total. The van der Waals surface area contributed by atoms with Crippen molar-refractivity contribution < 1.29 is 19.1 Å². The van der Waals surface area contributed by atoms with E-state index < -0.39 is 0 Å². The average Bonchev–Trinajstić information content (AvgIpc) is 2.89. The van der Waals surface area contributed by atoms with Gasteiger partial charge in [0.2, 0.25) is 11.8 Å². The van der Waals surface area contributed by atoms with E-state index in [1.807, 2.05) is 12.1 Å². The Morgan fingerprint density at radius 1 is 1.08 bits per heavy atom. The fraction of sp³-hybridized carbons (Fsp3) is 0.438. The lowest BCUT2D eigenvalue weighted by Crippen LogP contribution is -2.37. The first-order chi connectivity index (χ1) is 11.6. The Morgan fingerprint density at radius 3 is 2.42 bits per heavy atom. The maximum atomic E-state index is 11.6. The smallest absolute Gasteiger partial charge is 0.315 e. The Bertz CT molecular complexity index is 575. The van der Waals surface area contributed by atoms with Gasteiger partial charge in [-0.1, -0.05) is 23.7 Å². The van der Waals surface area contributed by atoms with Crippen LogP contribution >= 0.6 is 11.6 Å². The van der Waals surface area contributed by atoms with Gasteiger partial charge in [0, 0.05) is 31.0 Å². The molecule has 0 saturated carbocycles. The fourth-order valence-corrected chi connectivity index (χ4v) is 2.34. The van der Waals surface area contributed by atoms with Crippen LogP contribution in [0.15, 0.2) is 24.3 Å². The number of nitrogens with zero attached hydrogens (tertiary/aromatic N) is 1. The number of carbonyl (C=O) groups is 3. The fourth-order valence-electron chi connectivity index (χ4n) is 2.21. The molecule has 1 aliphatic heterocycles. The van der Waals surface area contributed by atoms with Crippen molar-refractivity contribution in [2.45, 2.75) is 19.4 Å². The van der Waals surface area contributed by atoms with Crippen LogP contribution < -0.4 is 10.6 Å². The van der Waals surface area contributed by atoms with Crippen molar-refractivity contribution >= 4 is 29.4 Å². The second kappa shape index (κ2) is 9.24. The van der Waals surface area contributed by atoms with Gasteiger partial charge in [0.1, 0.15) is 0 Å². The molecule has 0 spiro atoms. The van der Waals surface area contributed by atoms with E-state index in [4.69, 9.17) is 16.3 Å². The molecule has 0 atom stereocenters. The highest BCUT2D eigenvalue weighted by molar-refractivity contribution is 6.30. The zero-order chi connectivity index (χ0) is 17.4. The maximum absolute atomic E-state index is 11.6. The number of likely N-dealkylation sites (tertiary alicyclic amines) is 1. The Kier molecular flexibility index (Phi) is 7.02. The van der Waals surface area contributed by atoms with Crippen LogP contribution in [0, 0.1) is 0 Å². The van der Waals surface area contributed by atoms with Gasteiger partial charge in [-0.05, 0) is 17.7 Å². The number of benzene rings is 1. The molecule has 0 aromatic heterocycles. The molecule has 1 fully saturated rings. The molecule has 1 aromatic rings. The minimum atomic E-state index is -0.293. The number of hydrogen-bond donors (Lipinski definition) is 2. The number of imide groups is 1. The summed E-state index contributed by atoms with van der Waals surface area (Å²) in [6.45, 7) is 1.59. The molecule has 1 aromatic carbocycles. The van der Waals surface area contributed by atoms with Crippen LogP contribution in [0.4, 0.5) is 4.79 Å². The number of nitrogens with one attached hydrogen (secondary N) is 2. The number of amides is 4. The summed E-state index contributed by atoms with van der Waals surface area (Å²) in [6, 6.07) is 6.91. The van der Waals surface area contributed by atoms with E-state index in [-0.39, 0.29) is 43.8 Å². The Labute approximate surface area is 145 Å². The van der Waals surface area contributed by atoms with E-state index >= 15 is 0 Å². The molecule has 0 aliphatic carbocycles. The SMILES string of the molecule is O=C(NCCOCCN1C(=O)CCC1=O)NCc1ccc(Cl)cc1. The number of ether oxygens (including phenoxy) is 1. The van der Waals surface area contributed by atoms with Crippen LogP contribution in [0.2, 0.25) is 5.02 Å². The van der Waals surface area contributed by atoms with Gasteiger partial charge in [-0.3, -0.25) is 14.5 Å². The Morgan fingerprint density at radius 2 is 1.75 bits per heavy atom. The van der Waals surface area contributed by atoms with Crippen molar-refractivity contribution in [2.75, 3.05) is 26.3 Å². The molecule has 1 aliphatic rings. The lowest BCUT2D eigenvalue weighted by molar-refractivity contribution is -0.139. The number of halogens is 1. The first kappa shape index (κ1) is 18.2. The molecular formula is C16H20ClN3O4. The minimum Gasteiger partial charge on any atom is -0.378 e. The molecule has 1 saturated heterocycles. The van der Waals surface area contributed by atoms with Crippen LogP contribution in [-0.4, -0.2) is 49.0 Å². The van der Waals surface area contributed by atoms with Crippen molar-refractivity contribution in [1.29, 1.82) is 0 Å². The Hall–Kier alpha value is -2.12. The van der Waals surface area contributed by atoms with Gasteiger partial charge in [-0.15, -0.1) is 0 Å². The molecule has 0 radical (unpaired) electrons. The zero-order valence-corrected chi connectivity index (χ0v) is 14.0. The van der Waals surface area contributed by atoms with Crippen molar-refractivity contribution in [3.63, 3.8) is 0 Å². The maximum Gasteiger partial charge on any atom is 0.315 e. The summed E-state index contributed by atoms with van der Waals surface area (Å²) >= 11 is 5.79. The predicted molar refractivity (Wildman–Crippen MR) is 88.5 cm³/mol. The molecule has 24 heavy (non-hydrogen) atoms. The van der Waals surface area contributed by atoms with Gasteiger partial charge in [-0.25, -0.2) is 4.79 Å². The van der Waals surface area contributed by atoms with Crippen LogP contribution in [0.25, 0.3) is 0 Å². The summed E-state index contributed by atoms with van der Waals surface area (Å²) in [5.41, 5.74) is 0.950. The second-order valence-electron chi connectivity index (χ2n) is 5.29. The van der Waals surface area contributed by atoms with Gasteiger partial charge >= 0.3 is 6.03 Å². The average molecular weight is 354 g/mol. The molecule has 2 N–H and O–H groups in total. The first-order valence-corrected chi connectivity index (χ1v) is 8.11. The monoisotopic (exact) mass is 353 g/mol. The van der Waals surface area contributed by atoms with Crippen molar-refractivity contribution in [1.82, 2.24) is 15.5 Å². The molecular weight excluding hydrogens is 334 g/mol. The third-order valence-electron chi connectivity index (χ3n) is 3.51. The van der Waals surface area contributed by atoms with Gasteiger partial charge in [-0.2, -0.15) is 0 Å². The standard InChI is InChI=1S/C16H20ClN3O4/c17-13-3-1-12(2-4-13)11-19-16(23)18-7-9-24-10-8-20-14(21)5-6-15(20)22/h1-4H,5-11H2,(H2,18,19,23). The molecule has 0 bridgehead atoms. The van der Waals surface area contributed by atoms with E-state index in [0.717, 1.165) is 5.56 Å². The van der Waals surface area contributed by atoms with Crippen LogP contribution in [0.5, 0.6) is 0 Å². The van der Waals surface area contributed by atoms with Crippen molar-refractivity contribution in [3.05, 3.63) is 34.9 Å². The largest absolute Gasteiger partial charge is 0.378 e. The van der Waals surface area contributed by atoms with Gasteiger partial charge < -0.3 is 15.4 Å². The van der Waals surface area contributed by atoms with E-state index in [0.29, 0.717) is 24.7 Å². The molecule has 8 heteroatoms. The summed E-state index contributed by atoms with van der Waals surface area (Å²) < 4.78 is 5.32. The van der Waals surface area contributed by atoms with Crippen LogP contribution in [-0.2, 0) is 20.9 Å². The third-order valence-corrected chi connectivity index (χ3v) is 3.76. The minimum absolute atomic E-state index is 0.150. The summed E-state index contributed by atoms with van der Waals surface area (Å²) in [6.07, 6.45) is 0.572. The topological polar surface area (TPSA) is 87.7 Å². The lowest BCUT2D eigenvalue weighted by atomic mass is 10.2. The summed E-state index contributed by atoms with van der Waals surface area (Å²) in [5, 5.41) is 6.03. The highest BCUT2D eigenvalue weighted by Gasteiger charge is 2.28. The number of urea groups is 1. The predicted octanol–water partition coefficient (Wildman–Crippen LogP) is 1.30. The first-order valence-electron chi connectivity index (χ1n) is 7.73. The van der Waals surface area contributed by atoms with Gasteiger partial charge in [0.15, 0.2) is 0 Å². The van der Waals surface area contributed by atoms with E-state index in [2.05, 4.69) is 10.6 Å². The highest BCUT2D eigenvalue weighted by Crippen LogP contribution is 2.10. The molecule has 0 unspecified atom stereocenters. The van der Waals surface area contributed by atoms with Crippen molar-refractivity contribution in [3.8, 4) is 0 Å². The number of rotatable bonds is 8. The summed E-state index contributed by atoms with van der Waals surface area (Å²) in [7, 11) is 0. The summed E-state index contributed by atoms with van der Waals surface area (Å²) in [5.74, 6) is -0.299. The van der Waals surface area contributed by atoms with Crippen LogP contribution in [0.1, 0.15) is 18.4 Å². The normalized spacial score (nSPS) is 14.1. The quantitative estimate of drug-likeness (QED) is 0.545. The van der Waals surface area contributed by atoms with Gasteiger partial charge in [0.05, 0.1) is 19.8 Å². The molecule has 1 heterocycles. The third kappa shape index (κ3) is 5.82. The number of hydrogen-bond acceptors (Lipinski definition) is 4. The molecule has 2 rings (SSSR count). The van der Waals surface area contributed by atoms with E-state index in [1.165, 1.54) is 4.90 Å². The van der Waals surface area contributed by atoms with E-state index in [9.17, 15) is 14.4 Å². The zero-order valence-electron chi connectivity index (χ0n) is 13.2. The molecule has 130 valence electrons. The van der Waals surface area contributed by atoms with Crippen LogP contribution in [0.3, 0.4) is 0 Å². The van der Waals surface area contributed by atoms with Crippen molar-refractivity contribution in [2.24, 2.45) is 0 Å². The summed E-state index contributed by atoms with van der Waals surface area (Å²) in [4.78, 5) is 35.6. The number of carbonyl (C=O) groups excluding carboxylic acids is 3. The van der Waals surface area contributed by atoms with E-state index in [1.54, 1.807) is 12.1 Å². The highest BCUT2D eigenvalue weighted by atomic mass is 35.5. The van der Waals surface area contributed by atoms with Gasteiger partial charge in [0.25, 0.3) is 0 Å². The molecule has 4 amide bonds. The Balaban J connectivity index is 1.51.